The standard InChI is InChI=1S/C22H29ClN2O2/c1-5-6-7-13-24(4)21-16(2)15-20(23)22(27)25(21)14-12-18-8-10-19(11-9-18)17(3)26/h8-11,15,26H,3,5-7,12-14H2,1-2,4H3. The summed E-state index contributed by atoms with van der Waals surface area (Å²) in [7, 11) is 2.03. The predicted molar refractivity (Wildman–Crippen MR) is 115 cm³/mol. The molecule has 4 nitrogen and oxygen atoms in total. The molecular weight excluding hydrogens is 360 g/mol. The van der Waals surface area contributed by atoms with Crippen LogP contribution in [-0.2, 0) is 13.0 Å². The number of benzene rings is 1. The largest absolute Gasteiger partial charge is 0.508 e. The summed E-state index contributed by atoms with van der Waals surface area (Å²) < 4.78 is 1.78. The lowest BCUT2D eigenvalue weighted by Crippen LogP contribution is -2.31. The molecule has 1 aromatic carbocycles. The molecule has 5 heteroatoms. The monoisotopic (exact) mass is 388 g/mol. The highest BCUT2D eigenvalue weighted by Gasteiger charge is 2.15. The van der Waals surface area contributed by atoms with Crippen LogP contribution in [0.5, 0.6) is 0 Å². The van der Waals surface area contributed by atoms with Crippen molar-refractivity contribution in [2.75, 3.05) is 18.5 Å². The Morgan fingerprint density at radius 2 is 1.93 bits per heavy atom. The molecule has 0 aliphatic heterocycles. The molecule has 0 bridgehead atoms. The Kier molecular flexibility index (Phi) is 7.55. The molecule has 1 aromatic heterocycles. The number of aliphatic hydroxyl groups is 1. The van der Waals surface area contributed by atoms with Crippen LogP contribution in [0, 0.1) is 6.92 Å². The van der Waals surface area contributed by atoms with Crippen LogP contribution in [-0.4, -0.2) is 23.3 Å². The van der Waals surface area contributed by atoms with Gasteiger partial charge < -0.3 is 10.0 Å². The topological polar surface area (TPSA) is 45.5 Å². The fraction of sp³-hybridized carbons (Fsp3) is 0.409. The number of nitrogens with zero attached hydrogens (tertiary/aromatic N) is 2. The number of halogens is 1. The van der Waals surface area contributed by atoms with Crippen LogP contribution >= 0.6 is 11.6 Å². The van der Waals surface area contributed by atoms with Crippen LogP contribution < -0.4 is 10.5 Å². The number of aryl methyl sites for hydroxylation is 2. The van der Waals surface area contributed by atoms with Crippen LogP contribution in [0.2, 0.25) is 5.02 Å². The van der Waals surface area contributed by atoms with Gasteiger partial charge in [-0.15, -0.1) is 0 Å². The van der Waals surface area contributed by atoms with Crippen molar-refractivity contribution in [2.45, 2.75) is 46.1 Å². The van der Waals surface area contributed by atoms with E-state index in [9.17, 15) is 9.90 Å². The molecule has 27 heavy (non-hydrogen) atoms. The van der Waals surface area contributed by atoms with E-state index in [0.29, 0.717) is 18.5 Å². The highest BCUT2D eigenvalue weighted by molar-refractivity contribution is 6.30. The van der Waals surface area contributed by atoms with Gasteiger partial charge in [0.1, 0.15) is 16.6 Å². The molecule has 0 radical (unpaired) electrons. The van der Waals surface area contributed by atoms with Crippen molar-refractivity contribution in [3.63, 3.8) is 0 Å². The minimum Gasteiger partial charge on any atom is -0.508 e. The van der Waals surface area contributed by atoms with E-state index in [0.717, 1.165) is 36.3 Å². The minimum absolute atomic E-state index is 0.0548. The molecule has 146 valence electrons. The fourth-order valence-corrected chi connectivity index (χ4v) is 3.54. The first kappa shape index (κ1) is 21.1. The molecule has 1 N–H and O–H groups in total. The van der Waals surface area contributed by atoms with Gasteiger partial charge in [0.25, 0.3) is 5.56 Å². The van der Waals surface area contributed by atoms with E-state index >= 15 is 0 Å². The Labute approximate surface area is 166 Å². The first-order chi connectivity index (χ1) is 12.8. The number of unbranched alkanes of at least 4 members (excludes halogenated alkanes) is 2. The van der Waals surface area contributed by atoms with Crippen LogP contribution in [0.25, 0.3) is 5.76 Å². The third-order valence-electron chi connectivity index (χ3n) is 4.77. The molecule has 1 heterocycles. The second kappa shape index (κ2) is 9.65. The maximum atomic E-state index is 12.7. The molecule has 2 aromatic rings. The van der Waals surface area contributed by atoms with E-state index in [1.54, 1.807) is 10.6 Å². The average Bonchev–Trinajstić information content (AvgIpc) is 2.63. The zero-order valence-electron chi connectivity index (χ0n) is 16.5. The summed E-state index contributed by atoms with van der Waals surface area (Å²) in [6, 6.07) is 9.32. The van der Waals surface area contributed by atoms with Crippen LogP contribution in [0.15, 0.2) is 41.7 Å². The summed E-state index contributed by atoms with van der Waals surface area (Å²) >= 11 is 6.17. The van der Waals surface area contributed by atoms with Gasteiger partial charge in [0, 0.05) is 25.7 Å². The molecule has 0 saturated carbocycles. The number of aliphatic hydroxyl groups excluding tert-OH is 1. The van der Waals surface area contributed by atoms with Crippen molar-refractivity contribution in [1.29, 1.82) is 0 Å². The number of rotatable bonds is 9. The summed E-state index contributed by atoms with van der Waals surface area (Å²) in [5, 5.41) is 9.70. The summed E-state index contributed by atoms with van der Waals surface area (Å²) in [6.07, 6.45) is 4.13. The van der Waals surface area contributed by atoms with Gasteiger partial charge in [0.15, 0.2) is 0 Å². The normalized spacial score (nSPS) is 10.8. The van der Waals surface area contributed by atoms with Gasteiger partial charge in [-0.05, 0) is 37.0 Å². The van der Waals surface area contributed by atoms with E-state index in [2.05, 4.69) is 18.4 Å². The molecule has 0 fully saturated rings. The number of pyridine rings is 1. The molecule has 0 aliphatic rings. The van der Waals surface area contributed by atoms with Crippen molar-refractivity contribution in [1.82, 2.24) is 4.57 Å². The Balaban J connectivity index is 2.26. The lowest BCUT2D eigenvalue weighted by Gasteiger charge is -2.26. The van der Waals surface area contributed by atoms with Crippen molar-refractivity contribution < 1.29 is 5.11 Å². The first-order valence-electron chi connectivity index (χ1n) is 9.43. The zero-order valence-corrected chi connectivity index (χ0v) is 17.2. The van der Waals surface area contributed by atoms with E-state index in [1.807, 2.05) is 38.2 Å². The minimum atomic E-state index is -0.153. The molecule has 0 saturated heterocycles. The summed E-state index contributed by atoms with van der Waals surface area (Å²) in [5.41, 5.74) is 2.64. The molecule has 0 aliphatic carbocycles. The maximum Gasteiger partial charge on any atom is 0.270 e. The van der Waals surface area contributed by atoms with Gasteiger partial charge in [-0.25, -0.2) is 0 Å². The predicted octanol–water partition coefficient (Wildman–Crippen LogP) is 5.21. The van der Waals surface area contributed by atoms with Gasteiger partial charge in [-0.1, -0.05) is 62.2 Å². The van der Waals surface area contributed by atoms with Crippen molar-refractivity contribution in [3.8, 4) is 0 Å². The number of hydrogen-bond acceptors (Lipinski definition) is 3. The van der Waals surface area contributed by atoms with Gasteiger partial charge in [-0.2, -0.15) is 0 Å². The van der Waals surface area contributed by atoms with Crippen molar-refractivity contribution >= 4 is 23.2 Å². The SMILES string of the molecule is C=C(O)c1ccc(CCn2c(N(C)CCCCC)c(C)cc(Cl)c2=O)cc1. The molecule has 0 amide bonds. The van der Waals surface area contributed by atoms with Crippen LogP contribution in [0.3, 0.4) is 0 Å². The third-order valence-corrected chi connectivity index (χ3v) is 5.04. The van der Waals surface area contributed by atoms with Crippen molar-refractivity contribution in [3.05, 3.63) is 69.0 Å². The first-order valence-corrected chi connectivity index (χ1v) is 9.81. The molecule has 2 rings (SSSR count). The Morgan fingerprint density at radius 3 is 2.52 bits per heavy atom. The lowest BCUT2D eigenvalue weighted by molar-refractivity contribution is 0.514. The highest BCUT2D eigenvalue weighted by atomic mass is 35.5. The Morgan fingerprint density at radius 1 is 1.26 bits per heavy atom. The molecular formula is C22H29ClN2O2. The van der Waals surface area contributed by atoms with Crippen LogP contribution in [0.1, 0.15) is 42.9 Å². The van der Waals surface area contributed by atoms with E-state index in [4.69, 9.17) is 11.6 Å². The van der Waals surface area contributed by atoms with E-state index in [1.165, 1.54) is 6.42 Å². The van der Waals surface area contributed by atoms with Crippen molar-refractivity contribution in [2.24, 2.45) is 0 Å². The zero-order chi connectivity index (χ0) is 20.0. The number of anilines is 1. The molecule has 0 unspecified atom stereocenters. The van der Waals surface area contributed by atoms with Gasteiger partial charge in [0.2, 0.25) is 0 Å². The summed E-state index contributed by atoms with van der Waals surface area (Å²) in [4.78, 5) is 14.9. The summed E-state index contributed by atoms with van der Waals surface area (Å²) in [6.45, 7) is 9.16. The molecule has 0 spiro atoms. The quantitative estimate of drug-likeness (QED) is 0.474. The Bertz CT molecular complexity index is 841. The second-order valence-electron chi connectivity index (χ2n) is 6.98. The average molecular weight is 389 g/mol. The molecule has 0 atom stereocenters. The van der Waals surface area contributed by atoms with Crippen LogP contribution in [0.4, 0.5) is 5.82 Å². The number of hydrogen-bond donors (Lipinski definition) is 1. The fourth-order valence-electron chi connectivity index (χ4n) is 3.28. The summed E-state index contributed by atoms with van der Waals surface area (Å²) in [5.74, 6) is 0.986. The second-order valence-corrected chi connectivity index (χ2v) is 7.39. The smallest absolute Gasteiger partial charge is 0.270 e. The van der Waals surface area contributed by atoms with E-state index in [-0.39, 0.29) is 16.3 Å². The maximum absolute atomic E-state index is 12.7. The number of aromatic nitrogens is 1. The van der Waals surface area contributed by atoms with Gasteiger partial charge >= 0.3 is 0 Å². The third kappa shape index (κ3) is 5.39. The lowest BCUT2D eigenvalue weighted by atomic mass is 10.1. The Hall–Kier alpha value is -2.20. The highest BCUT2D eigenvalue weighted by Crippen LogP contribution is 2.21. The van der Waals surface area contributed by atoms with E-state index < -0.39 is 0 Å². The van der Waals surface area contributed by atoms with Gasteiger partial charge in [0.05, 0.1) is 0 Å². The van der Waals surface area contributed by atoms with Gasteiger partial charge in [-0.3, -0.25) is 9.36 Å².